The van der Waals surface area contributed by atoms with Gasteiger partial charge < -0.3 is 9.30 Å². The van der Waals surface area contributed by atoms with Crippen molar-refractivity contribution in [1.82, 2.24) is 4.57 Å². The molecule has 0 bridgehead atoms. The number of aryl methyl sites for hydroxylation is 1. The highest BCUT2D eigenvalue weighted by Crippen LogP contribution is 2.27. The molecule has 0 aliphatic carbocycles. The zero-order valence-electron chi connectivity index (χ0n) is 13.8. The zero-order valence-corrected chi connectivity index (χ0v) is 13.8. The Balaban J connectivity index is 2.00. The van der Waals surface area contributed by atoms with Crippen LogP contribution >= 0.6 is 0 Å². The molecule has 3 rings (SSSR count). The lowest BCUT2D eigenvalue weighted by Crippen LogP contribution is -2.03. The van der Waals surface area contributed by atoms with E-state index in [0.29, 0.717) is 5.56 Å². The van der Waals surface area contributed by atoms with Crippen LogP contribution in [0.1, 0.15) is 18.2 Å². The first-order valence-corrected chi connectivity index (χ1v) is 7.65. The number of esters is 1. The maximum atomic E-state index is 11.3. The van der Waals surface area contributed by atoms with Crippen molar-refractivity contribution < 1.29 is 14.5 Å². The quantitative estimate of drug-likeness (QED) is 0.310. The topological polar surface area (TPSA) is 74.4 Å². The normalized spacial score (nSPS) is 11.1. The Morgan fingerprint density at radius 3 is 2.60 bits per heavy atom. The van der Waals surface area contributed by atoms with Crippen molar-refractivity contribution >= 4 is 34.7 Å². The summed E-state index contributed by atoms with van der Waals surface area (Å²) in [5.41, 5.74) is 2.53. The van der Waals surface area contributed by atoms with Crippen molar-refractivity contribution in [3.05, 3.63) is 69.9 Å². The molecule has 126 valence electrons. The molecular weight excluding hydrogens is 320 g/mol. The van der Waals surface area contributed by atoms with Crippen LogP contribution in [0.4, 0.5) is 5.69 Å². The minimum Gasteiger partial charge on any atom is -0.426 e. The molecule has 25 heavy (non-hydrogen) atoms. The SMILES string of the molecule is CC(=O)Oc1cc([N+](=O)[O-])ccc1C=Cc1cc2ccccc2n1C. The van der Waals surface area contributed by atoms with Crippen LogP contribution in [0, 0.1) is 10.1 Å². The van der Waals surface area contributed by atoms with Gasteiger partial charge in [0.2, 0.25) is 0 Å². The first kappa shape index (κ1) is 16.4. The fourth-order valence-corrected chi connectivity index (χ4v) is 2.66. The number of fused-ring (bicyclic) bond motifs is 1. The molecule has 0 spiro atoms. The van der Waals surface area contributed by atoms with Crippen molar-refractivity contribution in [1.29, 1.82) is 0 Å². The molecule has 3 aromatic rings. The number of hydrogen-bond acceptors (Lipinski definition) is 4. The second-order valence-corrected chi connectivity index (χ2v) is 5.59. The Hall–Kier alpha value is -3.41. The van der Waals surface area contributed by atoms with Crippen molar-refractivity contribution in [2.24, 2.45) is 7.05 Å². The van der Waals surface area contributed by atoms with Gasteiger partial charge in [0.05, 0.1) is 11.0 Å². The monoisotopic (exact) mass is 336 g/mol. The van der Waals surface area contributed by atoms with Crippen LogP contribution in [0.3, 0.4) is 0 Å². The highest BCUT2D eigenvalue weighted by molar-refractivity contribution is 5.86. The van der Waals surface area contributed by atoms with Gasteiger partial charge in [0, 0.05) is 42.2 Å². The van der Waals surface area contributed by atoms with Crippen LogP contribution < -0.4 is 4.74 Å². The number of ether oxygens (including phenoxy) is 1. The molecular formula is C19H16N2O4. The third-order valence-corrected chi connectivity index (χ3v) is 3.88. The molecule has 0 fully saturated rings. The molecule has 2 aromatic carbocycles. The number of aromatic nitrogens is 1. The highest BCUT2D eigenvalue weighted by Gasteiger charge is 2.12. The first-order valence-electron chi connectivity index (χ1n) is 7.65. The van der Waals surface area contributed by atoms with Crippen LogP contribution in [0.25, 0.3) is 23.1 Å². The fraction of sp³-hybridized carbons (Fsp3) is 0.105. The Labute approximate surface area is 144 Å². The summed E-state index contributed by atoms with van der Waals surface area (Å²) in [5.74, 6) is -0.364. The summed E-state index contributed by atoms with van der Waals surface area (Å²) in [6, 6.07) is 14.3. The van der Waals surface area contributed by atoms with Gasteiger partial charge >= 0.3 is 5.97 Å². The van der Waals surface area contributed by atoms with E-state index < -0.39 is 10.9 Å². The second kappa shape index (κ2) is 6.60. The molecule has 6 nitrogen and oxygen atoms in total. The van der Waals surface area contributed by atoms with Gasteiger partial charge in [0.1, 0.15) is 5.75 Å². The Bertz CT molecular complexity index is 1000. The number of benzene rings is 2. The molecule has 0 N–H and O–H groups in total. The number of rotatable bonds is 4. The van der Waals surface area contributed by atoms with Crippen LogP contribution in [0.15, 0.2) is 48.5 Å². The van der Waals surface area contributed by atoms with Crippen molar-refractivity contribution in [2.75, 3.05) is 0 Å². The van der Waals surface area contributed by atoms with Crippen LogP contribution in [-0.4, -0.2) is 15.5 Å². The standard InChI is InChI=1S/C19H16N2O4/c1-13(22)25-19-12-17(21(23)24)10-8-14(19)7-9-16-11-15-5-3-4-6-18(15)20(16)2/h3-12H,1-2H3. The minimum absolute atomic E-state index is 0.127. The number of hydrogen-bond donors (Lipinski definition) is 0. The lowest BCUT2D eigenvalue weighted by Gasteiger charge is -2.05. The van der Waals surface area contributed by atoms with Crippen LogP contribution in [-0.2, 0) is 11.8 Å². The van der Waals surface area contributed by atoms with Crippen molar-refractivity contribution in [2.45, 2.75) is 6.92 Å². The van der Waals surface area contributed by atoms with Crippen LogP contribution in [0.2, 0.25) is 0 Å². The maximum Gasteiger partial charge on any atom is 0.308 e. The third-order valence-electron chi connectivity index (χ3n) is 3.88. The van der Waals surface area contributed by atoms with Crippen LogP contribution in [0.5, 0.6) is 5.75 Å². The average molecular weight is 336 g/mol. The number of para-hydroxylation sites is 1. The lowest BCUT2D eigenvalue weighted by atomic mass is 10.1. The second-order valence-electron chi connectivity index (χ2n) is 5.59. The summed E-state index contributed by atoms with van der Waals surface area (Å²) in [6.45, 7) is 1.26. The summed E-state index contributed by atoms with van der Waals surface area (Å²) < 4.78 is 7.16. The van der Waals surface area contributed by atoms with Gasteiger partial charge in [-0.15, -0.1) is 0 Å². The number of nitrogens with zero attached hydrogens (tertiary/aromatic N) is 2. The van der Waals surface area contributed by atoms with Gasteiger partial charge in [-0.25, -0.2) is 0 Å². The molecule has 1 aromatic heterocycles. The summed E-state index contributed by atoms with van der Waals surface area (Å²) in [7, 11) is 1.96. The first-order chi connectivity index (χ1) is 12.0. The summed E-state index contributed by atoms with van der Waals surface area (Å²) in [5, 5.41) is 12.0. The van der Waals surface area contributed by atoms with Gasteiger partial charge in [-0.3, -0.25) is 14.9 Å². The number of carbonyl (C=O) groups excluding carboxylic acids is 1. The van der Waals surface area contributed by atoms with Gasteiger partial charge in [-0.1, -0.05) is 18.2 Å². The molecule has 6 heteroatoms. The Kier molecular flexibility index (Phi) is 4.35. The summed E-state index contributed by atoms with van der Waals surface area (Å²) in [6.07, 6.45) is 3.66. The molecule has 0 radical (unpaired) electrons. The van der Waals surface area contributed by atoms with E-state index in [-0.39, 0.29) is 11.4 Å². The maximum absolute atomic E-state index is 11.3. The number of carbonyl (C=O) groups is 1. The number of nitro groups is 1. The van der Waals surface area contributed by atoms with E-state index >= 15 is 0 Å². The predicted molar refractivity (Wildman–Crippen MR) is 96.3 cm³/mol. The molecule has 1 heterocycles. The Morgan fingerprint density at radius 2 is 1.92 bits per heavy atom. The smallest absolute Gasteiger partial charge is 0.308 e. The minimum atomic E-state index is -0.528. The molecule has 0 aliphatic rings. The third kappa shape index (κ3) is 3.42. The molecule has 0 saturated heterocycles. The Morgan fingerprint density at radius 1 is 1.16 bits per heavy atom. The fourth-order valence-electron chi connectivity index (χ4n) is 2.66. The molecule has 0 aliphatic heterocycles. The summed E-state index contributed by atoms with van der Waals surface area (Å²) in [4.78, 5) is 21.7. The van der Waals surface area contributed by atoms with E-state index in [9.17, 15) is 14.9 Å². The van der Waals surface area contributed by atoms with Gasteiger partial charge in [-0.05, 0) is 30.4 Å². The van der Waals surface area contributed by atoms with Gasteiger partial charge in [0.25, 0.3) is 5.69 Å². The van der Waals surface area contributed by atoms with E-state index in [0.717, 1.165) is 16.6 Å². The molecule has 0 atom stereocenters. The lowest BCUT2D eigenvalue weighted by molar-refractivity contribution is -0.384. The molecule has 0 unspecified atom stereocenters. The van der Waals surface area contributed by atoms with Gasteiger partial charge in [0.15, 0.2) is 0 Å². The summed E-state index contributed by atoms with van der Waals surface area (Å²) >= 11 is 0. The predicted octanol–water partition coefficient (Wildman–Crippen LogP) is 4.18. The van der Waals surface area contributed by atoms with Crippen molar-refractivity contribution in [3.63, 3.8) is 0 Å². The van der Waals surface area contributed by atoms with E-state index in [2.05, 4.69) is 0 Å². The number of non-ortho nitro benzene ring substituents is 1. The van der Waals surface area contributed by atoms with Crippen molar-refractivity contribution in [3.8, 4) is 5.75 Å². The van der Waals surface area contributed by atoms with E-state index in [1.807, 2.05) is 48.0 Å². The van der Waals surface area contributed by atoms with E-state index in [4.69, 9.17) is 4.74 Å². The highest BCUT2D eigenvalue weighted by atomic mass is 16.6. The number of nitro benzene ring substituents is 1. The largest absolute Gasteiger partial charge is 0.426 e. The average Bonchev–Trinajstić information content (AvgIpc) is 2.89. The van der Waals surface area contributed by atoms with E-state index in [1.54, 1.807) is 12.1 Å². The zero-order chi connectivity index (χ0) is 18.0. The van der Waals surface area contributed by atoms with E-state index in [1.165, 1.54) is 19.1 Å². The molecule has 0 saturated carbocycles. The molecule has 0 amide bonds. The van der Waals surface area contributed by atoms with Gasteiger partial charge in [-0.2, -0.15) is 0 Å².